The molecule has 4 aromatic rings. The Kier molecular flexibility index (Phi) is 15.2. The van der Waals surface area contributed by atoms with E-state index in [2.05, 4.69) is 5.32 Å². The van der Waals surface area contributed by atoms with Gasteiger partial charge in [0.15, 0.2) is 0 Å². The maximum atomic E-state index is 13.7. The van der Waals surface area contributed by atoms with Crippen molar-refractivity contribution in [1.29, 1.82) is 0 Å². The Morgan fingerprint density at radius 2 is 1.07 bits per heavy atom. The first-order valence-corrected chi connectivity index (χ1v) is 24.9. The molecule has 4 aromatic carbocycles. The minimum absolute atomic E-state index is 0.000498. The molecule has 22 heteroatoms. The van der Waals surface area contributed by atoms with Gasteiger partial charge in [0.1, 0.15) is 22.6 Å². The molecule has 3 saturated heterocycles. The maximum Gasteiger partial charge on any atom is 0.348 e. The lowest BCUT2D eigenvalue weighted by molar-refractivity contribution is -0.291. The molecule has 8 rings (SSSR count). The van der Waals surface area contributed by atoms with E-state index < -0.39 is 103 Å². The second-order valence-corrected chi connectivity index (χ2v) is 18.9. The first-order chi connectivity index (χ1) is 35.5. The Bertz CT molecular complexity index is 3130. The Hall–Kier alpha value is -8.86. The number of allylic oxidation sites excluding steroid dienone is 8. The number of amides is 4. The van der Waals surface area contributed by atoms with Crippen molar-refractivity contribution in [2.24, 2.45) is 5.92 Å². The summed E-state index contributed by atoms with van der Waals surface area (Å²) in [5.74, 6) is -13.4. The van der Waals surface area contributed by atoms with Crippen molar-refractivity contribution in [2.75, 3.05) is 18.2 Å². The minimum Gasteiger partial charge on any atom is -0.419 e. The van der Waals surface area contributed by atoms with Gasteiger partial charge in [-0.15, -0.1) is 0 Å². The quantitative estimate of drug-likeness (QED) is 0.0404. The standard InChI is InChI=1S/C52H42N4O16S2/c57-43(53-35-19-7-1-8-20-35)39(44(58)54(73(65)66)36-21-9-2-10-22-36)27-15-5-17-29-41-47(61)69-51(70-48(41)62)31-33-52(34-32-51)71-49(63)42(50(64)72-52)30-18-6-16-28-40-45(59)55(37-23-11-3-12-24-37)74(67,68)56(46(40)60)38-25-13-4-14-26-38/h1-17,19-30,39H,18,31-34H2,(H,53,57)(H,65,66). The van der Waals surface area contributed by atoms with Gasteiger partial charge in [-0.3, -0.25) is 23.7 Å². The van der Waals surface area contributed by atoms with Crippen molar-refractivity contribution in [3.8, 4) is 0 Å². The highest BCUT2D eigenvalue weighted by molar-refractivity contribution is 7.96. The Morgan fingerprint density at radius 1 is 0.622 bits per heavy atom. The molecular formula is C52H42N4O16S2. The number of ether oxygens (including phenoxy) is 4. The predicted molar refractivity (Wildman–Crippen MR) is 265 cm³/mol. The molecule has 2 unspecified atom stereocenters. The molecule has 0 aromatic heterocycles. The number of nitrogens with zero attached hydrogens (tertiary/aromatic N) is 3. The lowest BCUT2D eigenvalue weighted by Gasteiger charge is -2.46. The number of carbonyl (C=O) groups excluding carboxylic acids is 8. The molecule has 2 atom stereocenters. The summed E-state index contributed by atoms with van der Waals surface area (Å²) < 4.78 is 73.7. The third-order valence-electron chi connectivity index (χ3n) is 11.6. The fourth-order valence-corrected chi connectivity index (χ4v) is 10.2. The number of benzene rings is 4. The zero-order valence-corrected chi connectivity index (χ0v) is 40.2. The molecule has 3 heterocycles. The van der Waals surface area contributed by atoms with Crippen LogP contribution >= 0.6 is 0 Å². The van der Waals surface area contributed by atoms with E-state index in [0.717, 1.165) is 18.2 Å². The van der Waals surface area contributed by atoms with Gasteiger partial charge in [0.25, 0.3) is 40.6 Å². The molecule has 2 N–H and O–H groups in total. The van der Waals surface area contributed by atoms with Gasteiger partial charge in [-0.2, -0.15) is 17.0 Å². The molecule has 0 bridgehead atoms. The highest BCUT2D eigenvalue weighted by Crippen LogP contribution is 2.45. The van der Waals surface area contributed by atoms with Gasteiger partial charge in [-0.05, 0) is 67.1 Å². The predicted octanol–water partition coefficient (Wildman–Crippen LogP) is 5.74. The van der Waals surface area contributed by atoms with Crippen molar-refractivity contribution >= 4 is 91.7 Å². The van der Waals surface area contributed by atoms with Crippen LogP contribution in [0, 0.1) is 5.92 Å². The number of carbonyl (C=O) groups is 8. The summed E-state index contributed by atoms with van der Waals surface area (Å²) in [6.45, 7) is 0. The highest BCUT2D eigenvalue weighted by atomic mass is 32.2. The fourth-order valence-electron chi connectivity index (χ4n) is 8.03. The largest absolute Gasteiger partial charge is 0.419 e. The number of anilines is 4. The van der Waals surface area contributed by atoms with Crippen LogP contribution in [-0.2, 0) is 78.8 Å². The first-order valence-electron chi connectivity index (χ1n) is 22.5. The lowest BCUT2D eigenvalue weighted by atomic mass is 9.87. The van der Waals surface area contributed by atoms with Crippen LogP contribution in [0.4, 0.5) is 22.7 Å². The fraction of sp³-hybridized carbons (Fsp3) is 0.154. The van der Waals surface area contributed by atoms with Crippen LogP contribution in [0.5, 0.6) is 0 Å². The van der Waals surface area contributed by atoms with Crippen molar-refractivity contribution in [1.82, 2.24) is 0 Å². The third-order valence-corrected chi connectivity index (χ3v) is 14.0. The van der Waals surface area contributed by atoms with E-state index in [1.54, 1.807) is 60.7 Å². The second-order valence-electron chi connectivity index (χ2n) is 16.4. The summed E-state index contributed by atoms with van der Waals surface area (Å²) in [6, 6.07) is 30.7. The smallest absolute Gasteiger partial charge is 0.348 e. The first kappa shape index (κ1) is 51.5. The minimum atomic E-state index is -4.71. The molecule has 1 saturated carbocycles. The van der Waals surface area contributed by atoms with Crippen LogP contribution in [0.15, 0.2) is 193 Å². The molecule has 74 heavy (non-hydrogen) atoms. The molecule has 20 nitrogen and oxygen atoms in total. The molecule has 3 aliphatic heterocycles. The second kappa shape index (κ2) is 21.9. The summed E-state index contributed by atoms with van der Waals surface area (Å²) in [4.78, 5) is 107. The highest BCUT2D eigenvalue weighted by Gasteiger charge is 2.57. The molecule has 4 fully saturated rings. The van der Waals surface area contributed by atoms with Gasteiger partial charge in [0.05, 0.1) is 17.1 Å². The molecule has 2 spiro atoms. The zero-order chi connectivity index (χ0) is 52.6. The van der Waals surface area contributed by atoms with E-state index in [1.165, 1.54) is 97.1 Å². The van der Waals surface area contributed by atoms with Gasteiger partial charge >= 0.3 is 34.1 Å². The van der Waals surface area contributed by atoms with E-state index in [1.807, 2.05) is 0 Å². The van der Waals surface area contributed by atoms with E-state index in [-0.39, 0.29) is 49.2 Å². The van der Waals surface area contributed by atoms with Crippen molar-refractivity contribution in [3.63, 3.8) is 0 Å². The topological polar surface area (TPSA) is 267 Å². The van der Waals surface area contributed by atoms with Crippen LogP contribution < -0.4 is 18.2 Å². The molecule has 4 aliphatic rings. The monoisotopic (exact) mass is 1040 g/mol. The average molecular weight is 1040 g/mol. The van der Waals surface area contributed by atoms with E-state index >= 15 is 0 Å². The van der Waals surface area contributed by atoms with Crippen LogP contribution in [0.1, 0.15) is 32.1 Å². The third kappa shape index (κ3) is 11.0. The zero-order valence-electron chi connectivity index (χ0n) is 38.6. The SMILES string of the molecule is O=C1OC2(CCC3(CC2)OC(=O)C(=CCC=CC=C2C(=O)N(c4ccccc4)S(=O)(=O)N(c4ccccc4)C2=O)C(=O)O3)OC(=O)C1=CC=CC=CC(C(=O)Nc1ccccc1)C(=O)N(c1ccccc1)S(=O)O. The number of esters is 4. The summed E-state index contributed by atoms with van der Waals surface area (Å²) in [5, 5.41) is 2.60. The Morgan fingerprint density at radius 3 is 1.55 bits per heavy atom. The number of hydrogen-bond acceptors (Lipinski definition) is 15. The number of hydrogen-bond donors (Lipinski definition) is 2. The number of rotatable bonds is 13. The normalized spacial score (nSPS) is 21.6. The molecule has 1 aliphatic carbocycles. The molecular weight excluding hydrogens is 1000 g/mol. The Balaban J connectivity index is 0.881. The van der Waals surface area contributed by atoms with Gasteiger partial charge in [-0.25, -0.2) is 27.7 Å². The van der Waals surface area contributed by atoms with E-state index in [0.29, 0.717) is 18.6 Å². The van der Waals surface area contributed by atoms with Gasteiger partial charge in [0.2, 0.25) is 5.91 Å². The van der Waals surface area contributed by atoms with Crippen molar-refractivity contribution in [3.05, 3.63) is 193 Å². The van der Waals surface area contributed by atoms with E-state index in [9.17, 15) is 55.5 Å². The Labute approximate surface area is 425 Å². The van der Waals surface area contributed by atoms with Crippen LogP contribution in [0.25, 0.3) is 0 Å². The van der Waals surface area contributed by atoms with Gasteiger partial charge in [-0.1, -0.05) is 115 Å². The molecule has 0 radical (unpaired) electrons. The number of para-hydroxylation sites is 4. The summed E-state index contributed by atoms with van der Waals surface area (Å²) in [5.41, 5.74) is -1.05. The van der Waals surface area contributed by atoms with E-state index in [4.69, 9.17) is 18.9 Å². The van der Waals surface area contributed by atoms with Gasteiger partial charge in [0, 0.05) is 31.4 Å². The average Bonchev–Trinajstić information content (AvgIpc) is 3.38. The van der Waals surface area contributed by atoms with Crippen molar-refractivity contribution in [2.45, 2.75) is 43.7 Å². The van der Waals surface area contributed by atoms with Crippen molar-refractivity contribution < 1.29 is 74.5 Å². The summed E-state index contributed by atoms with van der Waals surface area (Å²) in [6.07, 6.45) is 10.0. The molecule has 378 valence electrons. The lowest BCUT2D eigenvalue weighted by Crippen LogP contribution is -2.57. The maximum absolute atomic E-state index is 13.7. The van der Waals surface area contributed by atoms with Crippen LogP contribution in [-0.4, -0.2) is 76.3 Å². The number of nitrogens with one attached hydrogen (secondary N) is 1. The summed E-state index contributed by atoms with van der Waals surface area (Å²) in [7, 11) is -4.71. The van der Waals surface area contributed by atoms with Crippen LogP contribution in [0.3, 0.4) is 0 Å². The van der Waals surface area contributed by atoms with Gasteiger partial charge < -0.3 is 24.3 Å². The summed E-state index contributed by atoms with van der Waals surface area (Å²) >= 11 is -2.85. The van der Waals surface area contributed by atoms with Crippen LogP contribution in [0.2, 0.25) is 0 Å². The molecule has 4 amide bonds.